The molecule has 1 atom stereocenters. The molecule has 0 aromatic carbocycles. The van der Waals surface area contributed by atoms with Crippen LogP contribution in [0.4, 0.5) is 0 Å². The third-order valence-electron chi connectivity index (χ3n) is 1.56. The Hall–Kier alpha value is -0.700. The molecule has 0 aromatic rings. The highest BCUT2D eigenvalue weighted by Gasteiger charge is 2.16. The average Bonchev–Trinajstić information content (AvgIpc) is 2.48. The predicted octanol–water partition coefficient (Wildman–Crippen LogP) is 1.38. The Bertz CT molecular complexity index is 142. The van der Waals surface area contributed by atoms with Gasteiger partial charge < -0.3 is 14.6 Å². The van der Waals surface area contributed by atoms with Gasteiger partial charge in [0.25, 0.3) is 6.29 Å². The minimum absolute atomic E-state index is 0.0773. The molecule has 0 saturated heterocycles. The van der Waals surface area contributed by atoms with Crippen LogP contribution in [-0.2, 0) is 9.47 Å². The molecule has 0 fully saturated rings. The molecule has 0 bridgehead atoms. The molecule has 0 aromatic heterocycles. The van der Waals surface area contributed by atoms with E-state index in [1.807, 2.05) is 0 Å². The van der Waals surface area contributed by atoms with Crippen LogP contribution in [0.2, 0.25) is 0 Å². The fraction of sp³-hybridized carbons (Fsp3) is 0.750. The fourth-order valence-corrected chi connectivity index (χ4v) is 0.925. The van der Waals surface area contributed by atoms with E-state index in [4.69, 9.17) is 14.6 Å². The molecule has 11 heavy (non-hydrogen) atoms. The summed E-state index contributed by atoms with van der Waals surface area (Å²) in [7, 11) is 0. The van der Waals surface area contributed by atoms with Gasteiger partial charge in [-0.15, -0.1) is 0 Å². The van der Waals surface area contributed by atoms with E-state index < -0.39 is 6.29 Å². The summed E-state index contributed by atoms with van der Waals surface area (Å²) in [6.45, 7) is 2.05. The summed E-state index contributed by atoms with van der Waals surface area (Å²) in [5.74, 6) is 0.853. The van der Waals surface area contributed by atoms with E-state index in [1.54, 1.807) is 6.26 Å². The average molecular weight is 158 g/mol. The molecule has 0 amide bonds. The van der Waals surface area contributed by atoms with Crippen LogP contribution in [0.3, 0.4) is 0 Å². The summed E-state index contributed by atoms with van der Waals surface area (Å²) in [5, 5.41) is 8.63. The summed E-state index contributed by atoms with van der Waals surface area (Å²) in [5.41, 5.74) is 0. The summed E-state index contributed by atoms with van der Waals surface area (Å²) >= 11 is 0. The van der Waals surface area contributed by atoms with Gasteiger partial charge in [0.15, 0.2) is 0 Å². The second-order valence-corrected chi connectivity index (χ2v) is 2.55. The zero-order chi connectivity index (χ0) is 8.10. The Kier molecular flexibility index (Phi) is 3.23. The van der Waals surface area contributed by atoms with Gasteiger partial charge in [0.2, 0.25) is 0 Å². The van der Waals surface area contributed by atoms with E-state index >= 15 is 0 Å². The van der Waals surface area contributed by atoms with Crippen molar-refractivity contribution in [2.24, 2.45) is 0 Å². The molecule has 3 nitrogen and oxygen atoms in total. The molecule has 1 aliphatic rings. The van der Waals surface area contributed by atoms with Crippen molar-refractivity contribution in [3.63, 3.8) is 0 Å². The number of allylic oxidation sites excluding steroid dienone is 1. The van der Waals surface area contributed by atoms with Crippen LogP contribution in [0, 0.1) is 0 Å². The van der Waals surface area contributed by atoms with Gasteiger partial charge in [0, 0.05) is 6.42 Å². The molecular formula is C8H14O3. The van der Waals surface area contributed by atoms with E-state index in [-0.39, 0.29) is 6.61 Å². The van der Waals surface area contributed by atoms with Gasteiger partial charge in [0.1, 0.15) is 18.6 Å². The zero-order valence-corrected chi connectivity index (χ0v) is 6.75. The van der Waals surface area contributed by atoms with Crippen molar-refractivity contribution in [2.45, 2.75) is 32.5 Å². The largest absolute Gasteiger partial charge is 0.457 e. The molecule has 1 rings (SSSR count). The van der Waals surface area contributed by atoms with Gasteiger partial charge in [-0.05, 0) is 6.42 Å². The topological polar surface area (TPSA) is 38.7 Å². The van der Waals surface area contributed by atoms with Crippen molar-refractivity contribution >= 4 is 0 Å². The van der Waals surface area contributed by atoms with Crippen molar-refractivity contribution in [3.8, 4) is 0 Å². The van der Waals surface area contributed by atoms with Crippen molar-refractivity contribution in [1.82, 2.24) is 0 Å². The Morgan fingerprint density at radius 2 is 2.45 bits per heavy atom. The van der Waals surface area contributed by atoms with Crippen LogP contribution in [-0.4, -0.2) is 18.0 Å². The lowest BCUT2D eigenvalue weighted by molar-refractivity contribution is -0.0675. The maximum absolute atomic E-state index is 8.63. The number of hydrogen-bond donors (Lipinski definition) is 1. The highest BCUT2D eigenvalue weighted by atomic mass is 16.7. The van der Waals surface area contributed by atoms with Crippen molar-refractivity contribution in [1.29, 1.82) is 0 Å². The molecule has 64 valence electrons. The van der Waals surface area contributed by atoms with E-state index in [0.29, 0.717) is 0 Å². The van der Waals surface area contributed by atoms with Crippen LogP contribution in [0.25, 0.3) is 0 Å². The molecule has 0 spiro atoms. The first-order chi connectivity index (χ1) is 5.36. The van der Waals surface area contributed by atoms with E-state index in [2.05, 4.69) is 6.92 Å². The first-order valence-corrected chi connectivity index (χ1v) is 3.99. The van der Waals surface area contributed by atoms with Gasteiger partial charge >= 0.3 is 0 Å². The van der Waals surface area contributed by atoms with Crippen molar-refractivity contribution < 1.29 is 14.6 Å². The summed E-state index contributed by atoms with van der Waals surface area (Å²) in [6.07, 6.45) is 4.29. The van der Waals surface area contributed by atoms with Gasteiger partial charge in [-0.3, -0.25) is 0 Å². The lowest BCUT2D eigenvalue weighted by atomic mass is 10.2. The first-order valence-electron chi connectivity index (χ1n) is 3.99. The molecule has 1 aliphatic heterocycles. The number of ether oxygens (including phenoxy) is 2. The van der Waals surface area contributed by atoms with Crippen LogP contribution >= 0.6 is 0 Å². The minimum Gasteiger partial charge on any atom is -0.457 e. The normalized spacial score (nSPS) is 22.4. The quantitative estimate of drug-likeness (QED) is 0.671. The second-order valence-electron chi connectivity index (χ2n) is 2.55. The third-order valence-corrected chi connectivity index (χ3v) is 1.56. The molecule has 1 heterocycles. The lowest BCUT2D eigenvalue weighted by Gasteiger charge is -2.07. The predicted molar refractivity (Wildman–Crippen MR) is 40.7 cm³/mol. The highest BCUT2D eigenvalue weighted by Crippen LogP contribution is 2.18. The third kappa shape index (κ3) is 2.42. The SMILES string of the molecule is CCCCC1=COC(CO)O1. The van der Waals surface area contributed by atoms with Crippen LogP contribution in [0.15, 0.2) is 12.0 Å². The molecular weight excluding hydrogens is 144 g/mol. The number of hydrogen-bond acceptors (Lipinski definition) is 3. The van der Waals surface area contributed by atoms with E-state index in [0.717, 1.165) is 25.0 Å². The number of aliphatic hydroxyl groups excluding tert-OH is 1. The molecule has 0 radical (unpaired) electrons. The lowest BCUT2D eigenvalue weighted by Crippen LogP contribution is -2.13. The minimum atomic E-state index is -0.457. The summed E-state index contributed by atoms with van der Waals surface area (Å²) < 4.78 is 10.2. The molecule has 3 heteroatoms. The van der Waals surface area contributed by atoms with Gasteiger partial charge in [-0.25, -0.2) is 0 Å². The maximum Gasteiger partial charge on any atom is 0.262 e. The number of unbranched alkanes of at least 4 members (excludes halogenated alkanes) is 1. The Labute approximate surface area is 66.6 Å². The first kappa shape index (κ1) is 8.40. The molecule has 0 saturated carbocycles. The Morgan fingerprint density at radius 3 is 3.00 bits per heavy atom. The Morgan fingerprint density at radius 1 is 1.64 bits per heavy atom. The molecule has 1 unspecified atom stereocenters. The highest BCUT2D eigenvalue weighted by molar-refractivity contribution is 4.92. The molecule has 0 aliphatic carbocycles. The zero-order valence-electron chi connectivity index (χ0n) is 6.75. The summed E-state index contributed by atoms with van der Waals surface area (Å²) in [4.78, 5) is 0. The maximum atomic E-state index is 8.63. The number of rotatable bonds is 4. The summed E-state index contributed by atoms with van der Waals surface area (Å²) in [6, 6.07) is 0. The van der Waals surface area contributed by atoms with Crippen molar-refractivity contribution in [3.05, 3.63) is 12.0 Å². The Balaban J connectivity index is 2.17. The van der Waals surface area contributed by atoms with Gasteiger partial charge in [-0.2, -0.15) is 0 Å². The number of aliphatic hydroxyl groups is 1. The van der Waals surface area contributed by atoms with Crippen molar-refractivity contribution in [2.75, 3.05) is 6.61 Å². The van der Waals surface area contributed by atoms with Crippen LogP contribution < -0.4 is 0 Å². The van der Waals surface area contributed by atoms with E-state index in [1.165, 1.54) is 0 Å². The van der Waals surface area contributed by atoms with Crippen LogP contribution in [0.1, 0.15) is 26.2 Å². The monoisotopic (exact) mass is 158 g/mol. The fourth-order valence-electron chi connectivity index (χ4n) is 0.925. The van der Waals surface area contributed by atoms with Crippen LogP contribution in [0.5, 0.6) is 0 Å². The standard InChI is InChI=1S/C8H14O3/c1-2-3-4-7-6-10-8(5-9)11-7/h6,8-9H,2-5H2,1H3. The molecule has 1 N–H and O–H groups in total. The second kappa shape index (κ2) is 4.23. The van der Waals surface area contributed by atoms with E-state index in [9.17, 15) is 0 Å². The van der Waals surface area contributed by atoms with Gasteiger partial charge in [0.05, 0.1) is 0 Å². The van der Waals surface area contributed by atoms with Gasteiger partial charge in [-0.1, -0.05) is 13.3 Å². The smallest absolute Gasteiger partial charge is 0.262 e.